The molecule has 0 aliphatic heterocycles. The van der Waals surface area contributed by atoms with Crippen LogP contribution < -0.4 is 9.47 Å². The lowest BCUT2D eigenvalue weighted by Gasteiger charge is -2.17. The molecule has 0 radical (unpaired) electrons. The number of fused-ring (bicyclic) bond motifs is 1. The number of halogens is 1. The van der Waals surface area contributed by atoms with E-state index in [4.69, 9.17) is 9.47 Å². The predicted octanol–water partition coefficient (Wildman–Crippen LogP) is 7.30. The van der Waals surface area contributed by atoms with E-state index in [2.05, 4.69) is 67.0 Å². The second-order valence-corrected chi connectivity index (χ2v) is 8.11. The molecule has 0 aliphatic rings. The molecule has 0 saturated carbocycles. The van der Waals surface area contributed by atoms with E-state index >= 15 is 0 Å². The number of alkyl halides is 1. The van der Waals surface area contributed by atoms with E-state index in [1.54, 1.807) is 0 Å². The largest absolute Gasteiger partial charge is 0.493 e. The Kier molecular flexibility index (Phi) is 9.31. The van der Waals surface area contributed by atoms with Crippen LogP contribution in [0.4, 0.5) is 0 Å². The first-order chi connectivity index (χ1) is 12.7. The van der Waals surface area contributed by atoms with Crippen LogP contribution in [-0.4, -0.2) is 18.0 Å². The summed E-state index contributed by atoms with van der Waals surface area (Å²) in [4.78, 5) is 0.634. The summed E-state index contributed by atoms with van der Waals surface area (Å²) in [7, 11) is 0. The minimum Gasteiger partial charge on any atom is -0.493 e. The van der Waals surface area contributed by atoms with Gasteiger partial charge in [0.05, 0.1) is 13.2 Å². The van der Waals surface area contributed by atoms with Gasteiger partial charge in [0.25, 0.3) is 0 Å². The molecule has 144 valence electrons. The van der Waals surface area contributed by atoms with Crippen LogP contribution in [0.25, 0.3) is 10.8 Å². The van der Waals surface area contributed by atoms with Crippen molar-refractivity contribution in [3.63, 3.8) is 0 Å². The first kappa shape index (κ1) is 21.1. The molecule has 1 unspecified atom stereocenters. The van der Waals surface area contributed by atoms with Crippen molar-refractivity contribution in [1.82, 2.24) is 0 Å². The van der Waals surface area contributed by atoms with Crippen molar-refractivity contribution in [2.24, 2.45) is 0 Å². The summed E-state index contributed by atoms with van der Waals surface area (Å²) < 4.78 is 12.3. The first-order valence-electron chi connectivity index (χ1n) is 10.1. The molecule has 0 fully saturated rings. The standard InChI is InChI=1S/C23H33BrO2/c1-4-7-15-26-23-18(5-2)17-22(20-13-8-9-14-21(20)23)25-16-11-10-12-19(24)6-3/h8-9,13-14,17,19H,4-7,10-12,15-16H2,1-3H3. The molecular weight excluding hydrogens is 388 g/mol. The molecule has 0 saturated heterocycles. The Balaban J connectivity index is 2.13. The van der Waals surface area contributed by atoms with Gasteiger partial charge in [-0.25, -0.2) is 0 Å². The molecule has 0 heterocycles. The zero-order chi connectivity index (χ0) is 18.8. The third kappa shape index (κ3) is 5.90. The van der Waals surface area contributed by atoms with Crippen molar-refractivity contribution in [2.45, 2.75) is 70.5 Å². The molecule has 26 heavy (non-hydrogen) atoms. The van der Waals surface area contributed by atoms with Gasteiger partial charge in [0, 0.05) is 15.6 Å². The van der Waals surface area contributed by atoms with Crippen molar-refractivity contribution in [2.75, 3.05) is 13.2 Å². The number of hydrogen-bond donors (Lipinski definition) is 0. The Morgan fingerprint density at radius 3 is 2.35 bits per heavy atom. The Bertz CT molecular complexity index is 669. The van der Waals surface area contributed by atoms with Gasteiger partial charge in [0.2, 0.25) is 0 Å². The van der Waals surface area contributed by atoms with Gasteiger partial charge in [-0.2, -0.15) is 0 Å². The van der Waals surface area contributed by atoms with Gasteiger partial charge in [-0.05, 0) is 50.2 Å². The van der Waals surface area contributed by atoms with Crippen molar-refractivity contribution >= 4 is 26.7 Å². The maximum absolute atomic E-state index is 6.19. The molecule has 3 heteroatoms. The predicted molar refractivity (Wildman–Crippen MR) is 116 cm³/mol. The van der Waals surface area contributed by atoms with E-state index in [1.165, 1.54) is 30.2 Å². The Hall–Kier alpha value is -1.22. The summed E-state index contributed by atoms with van der Waals surface area (Å²) in [6.45, 7) is 8.14. The molecule has 0 amide bonds. The molecule has 2 nitrogen and oxygen atoms in total. The fourth-order valence-corrected chi connectivity index (χ4v) is 3.42. The van der Waals surface area contributed by atoms with Crippen molar-refractivity contribution in [3.8, 4) is 11.5 Å². The van der Waals surface area contributed by atoms with Crippen LogP contribution in [0, 0.1) is 0 Å². The summed E-state index contributed by atoms with van der Waals surface area (Å²) in [6, 6.07) is 10.6. The summed E-state index contributed by atoms with van der Waals surface area (Å²) in [5, 5.41) is 2.33. The molecule has 1 atom stereocenters. The monoisotopic (exact) mass is 420 g/mol. The van der Waals surface area contributed by atoms with Crippen LogP contribution >= 0.6 is 15.9 Å². The van der Waals surface area contributed by atoms with Crippen LogP contribution in [0.15, 0.2) is 30.3 Å². The van der Waals surface area contributed by atoms with Crippen molar-refractivity contribution in [1.29, 1.82) is 0 Å². The lowest BCUT2D eigenvalue weighted by molar-refractivity contribution is 0.302. The van der Waals surface area contributed by atoms with Gasteiger partial charge < -0.3 is 9.47 Å². The lowest BCUT2D eigenvalue weighted by Crippen LogP contribution is -2.04. The van der Waals surface area contributed by atoms with Crippen molar-refractivity contribution < 1.29 is 9.47 Å². The SMILES string of the molecule is CCCCOc1c(CC)cc(OCCCCC(Br)CC)c2ccccc12. The van der Waals surface area contributed by atoms with Gasteiger partial charge in [0.1, 0.15) is 11.5 Å². The fraction of sp³-hybridized carbons (Fsp3) is 0.565. The first-order valence-corrected chi connectivity index (χ1v) is 11.1. The van der Waals surface area contributed by atoms with Gasteiger partial charge >= 0.3 is 0 Å². The van der Waals surface area contributed by atoms with E-state index in [0.29, 0.717) is 4.83 Å². The highest BCUT2D eigenvalue weighted by molar-refractivity contribution is 9.09. The number of rotatable bonds is 12. The minimum atomic E-state index is 0.634. The molecule has 2 aromatic carbocycles. The molecular formula is C23H33BrO2. The van der Waals surface area contributed by atoms with E-state index in [-0.39, 0.29) is 0 Å². The zero-order valence-electron chi connectivity index (χ0n) is 16.5. The number of aryl methyl sites for hydroxylation is 1. The van der Waals surface area contributed by atoms with Crippen LogP contribution in [0.5, 0.6) is 11.5 Å². The molecule has 2 rings (SSSR count). The van der Waals surface area contributed by atoms with Gasteiger partial charge in [-0.3, -0.25) is 0 Å². The fourth-order valence-electron chi connectivity index (χ4n) is 3.10. The maximum Gasteiger partial charge on any atom is 0.130 e. The molecule has 0 N–H and O–H groups in total. The summed E-state index contributed by atoms with van der Waals surface area (Å²) in [6.07, 6.45) is 7.86. The third-order valence-corrected chi connectivity index (χ3v) is 5.88. The van der Waals surface area contributed by atoms with Crippen LogP contribution in [-0.2, 0) is 6.42 Å². The highest BCUT2D eigenvalue weighted by atomic mass is 79.9. The molecule has 0 aromatic heterocycles. The Morgan fingerprint density at radius 2 is 1.65 bits per heavy atom. The van der Waals surface area contributed by atoms with Crippen LogP contribution in [0.1, 0.15) is 64.9 Å². The molecule has 0 bridgehead atoms. The topological polar surface area (TPSA) is 18.5 Å². The zero-order valence-corrected chi connectivity index (χ0v) is 18.1. The van der Waals surface area contributed by atoms with Crippen molar-refractivity contribution in [3.05, 3.63) is 35.9 Å². The quantitative estimate of drug-likeness (QED) is 0.264. The normalized spacial score (nSPS) is 12.3. The van der Waals surface area contributed by atoms with Gasteiger partial charge in [-0.1, -0.05) is 67.4 Å². The third-order valence-electron chi connectivity index (χ3n) is 4.77. The van der Waals surface area contributed by atoms with Crippen LogP contribution in [0.3, 0.4) is 0 Å². The average molecular weight is 421 g/mol. The summed E-state index contributed by atoms with van der Waals surface area (Å²) >= 11 is 3.70. The average Bonchev–Trinajstić information content (AvgIpc) is 2.68. The summed E-state index contributed by atoms with van der Waals surface area (Å²) in [5.74, 6) is 2.03. The number of hydrogen-bond acceptors (Lipinski definition) is 2. The van der Waals surface area contributed by atoms with E-state index < -0.39 is 0 Å². The molecule has 2 aromatic rings. The minimum absolute atomic E-state index is 0.634. The highest BCUT2D eigenvalue weighted by Gasteiger charge is 2.13. The molecule has 0 aliphatic carbocycles. The van der Waals surface area contributed by atoms with Crippen LogP contribution in [0.2, 0.25) is 0 Å². The lowest BCUT2D eigenvalue weighted by atomic mass is 10.0. The van der Waals surface area contributed by atoms with Gasteiger partial charge in [0.15, 0.2) is 0 Å². The van der Waals surface area contributed by atoms with E-state index in [1.807, 2.05) is 0 Å². The number of ether oxygens (including phenoxy) is 2. The number of unbranched alkanes of at least 4 members (excludes halogenated alkanes) is 2. The second-order valence-electron chi connectivity index (χ2n) is 6.81. The Morgan fingerprint density at radius 1 is 0.923 bits per heavy atom. The van der Waals surface area contributed by atoms with Gasteiger partial charge in [-0.15, -0.1) is 0 Å². The number of benzene rings is 2. The second kappa shape index (κ2) is 11.5. The molecule has 0 spiro atoms. The van der Waals surface area contributed by atoms with E-state index in [9.17, 15) is 0 Å². The maximum atomic E-state index is 6.19. The Labute approximate surface area is 167 Å². The summed E-state index contributed by atoms with van der Waals surface area (Å²) in [5.41, 5.74) is 1.24. The smallest absolute Gasteiger partial charge is 0.130 e. The highest BCUT2D eigenvalue weighted by Crippen LogP contribution is 2.37. The van der Waals surface area contributed by atoms with E-state index in [0.717, 1.165) is 55.8 Å².